The summed E-state index contributed by atoms with van der Waals surface area (Å²) in [7, 11) is 0. The molecule has 0 aromatic heterocycles. The zero-order chi connectivity index (χ0) is 10.3. The van der Waals surface area contributed by atoms with Crippen molar-refractivity contribution in [3.05, 3.63) is 35.9 Å². The van der Waals surface area contributed by atoms with Gasteiger partial charge in [0.05, 0.1) is 6.10 Å². The molecule has 1 aromatic rings. The third kappa shape index (κ3) is 1.53. The van der Waals surface area contributed by atoms with Gasteiger partial charge in [0, 0.05) is 19.5 Å². The van der Waals surface area contributed by atoms with E-state index in [9.17, 15) is 4.79 Å². The molecule has 15 heavy (non-hydrogen) atoms. The zero-order valence-electron chi connectivity index (χ0n) is 8.43. The van der Waals surface area contributed by atoms with E-state index < -0.39 is 0 Å². The maximum absolute atomic E-state index is 11.8. The summed E-state index contributed by atoms with van der Waals surface area (Å²) in [5.74, 6) is 0.154. The summed E-state index contributed by atoms with van der Waals surface area (Å²) >= 11 is 0. The number of hydrogen-bond donors (Lipinski definition) is 0. The van der Waals surface area contributed by atoms with Gasteiger partial charge in [-0.15, -0.1) is 0 Å². The van der Waals surface area contributed by atoms with Crippen LogP contribution < -0.4 is 0 Å². The Morgan fingerprint density at radius 3 is 2.73 bits per heavy atom. The number of carbonyl (C=O) groups excluding carboxylic acids is 1. The van der Waals surface area contributed by atoms with Crippen LogP contribution in [0.25, 0.3) is 0 Å². The van der Waals surface area contributed by atoms with Crippen LogP contribution in [0.1, 0.15) is 12.0 Å². The highest BCUT2D eigenvalue weighted by Crippen LogP contribution is 2.29. The predicted octanol–water partition coefficient (Wildman–Crippen LogP) is 1.19. The van der Waals surface area contributed by atoms with E-state index in [1.807, 2.05) is 35.2 Å². The summed E-state index contributed by atoms with van der Waals surface area (Å²) in [6, 6.07) is 10.1. The number of piperidine rings is 1. The van der Waals surface area contributed by atoms with Crippen molar-refractivity contribution in [1.29, 1.82) is 0 Å². The SMILES string of the molecule is O=C1C2CC(CN1Cc1ccccc1)O2. The average Bonchev–Trinajstić information content (AvgIpc) is 2.20. The summed E-state index contributed by atoms with van der Waals surface area (Å²) in [4.78, 5) is 13.7. The second kappa shape index (κ2) is 3.35. The van der Waals surface area contributed by atoms with Gasteiger partial charge in [-0.2, -0.15) is 0 Å². The van der Waals surface area contributed by atoms with Gasteiger partial charge in [-0.05, 0) is 5.56 Å². The normalized spacial score (nSPS) is 28.8. The van der Waals surface area contributed by atoms with Gasteiger partial charge in [0.1, 0.15) is 6.10 Å². The molecule has 3 fully saturated rings. The highest BCUT2D eigenvalue weighted by molar-refractivity contribution is 5.83. The van der Waals surface area contributed by atoms with Gasteiger partial charge in [0.2, 0.25) is 0 Å². The van der Waals surface area contributed by atoms with Crippen LogP contribution in [0, 0.1) is 0 Å². The van der Waals surface area contributed by atoms with Gasteiger partial charge in [0.25, 0.3) is 5.91 Å². The first-order chi connectivity index (χ1) is 7.33. The summed E-state index contributed by atoms with van der Waals surface area (Å²) < 4.78 is 5.36. The Kier molecular flexibility index (Phi) is 1.99. The number of hydrogen-bond acceptors (Lipinski definition) is 2. The molecule has 1 aromatic carbocycles. The molecule has 0 spiro atoms. The molecular formula is C12H13NO2. The largest absolute Gasteiger partial charge is 0.363 e. The van der Waals surface area contributed by atoms with E-state index in [2.05, 4.69) is 0 Å². The van der Waals surface area contributed by atoms with Crippen LogP contribution in [-0.4, -0.2) is 29.6 Å². The monoisotopic (exact) mass is 203 g/mol. The molecule has 0 radical (unpaired) electrons. The van der Waals surface area contributed by atoms with Crippen molar-refractivity contribution < 1.29 is 9.53 Å². The number of morpholine rings is 1. The maximum Gasteiger partial charge on any atom is 0.252 e. The van der Waals surface area contributed by atoms with Crippen molar-refractivity contribution in [1.82, 2.24) is 4.90 Å². The van der Waals surface area contributed by atoms with E-state index >= 15 is 0 Å². The Hall–Kier alpha value is -1.35. The maximum atomic E-state index is 11.8. The van der Waals surface area contributed by atoms with Gasteiger partial charge >= 0.3 is 0 Å². The van der Waals surface area contributed by atoms with Crippen molar-refractivity contribution in [3.63, 3.8) is 0 Å². The number of ether oxygens (including phenoxy) is 1. The highest BCUT2D eigenvalue weighted by Gasteiger charge is 2.44. The molecule has 3 aliphatic rings. The van der Waals surface area contributed by atoms with E-state index in [0.717, 1.165) is 19.5 Å². The molecule has 3 heteroatoms. The second-order valence-corrected chi connectivity index (χ2v) is 4.19. The van der Waals surface area contributed by atoms with Crippen molar-refractivity contribution >= 4 is 5.91 Å². The number of rotatable bonds is 2. The summed E-state index contributed by atoms with van der Waals surface area (Å²) in [5, 5.41) is 0. The Bertz CT molecular complexity index is 370. The fourth-order valence-electron chi connectivity index (χ4n) is 2.22. The highest BCUT2D eigenvalue weighted by atomic mass is 16.5. The third-order valence-corrected chi connectivity index (χ3v) is 3.06. The smallest absolute Gasteiger partial charge is 0.252 e. The van der Waals surface area contributed by atoms with Gasteiger partial charge in [-0.1, -0.05) is 30.3 Å². The third-order valence-electron chi connectivity index (χ3n) is 3.06. The van der Waals surface area contributed by atoms with E-state index in [-0.39, 0.29) is 18.1 Å². The molecule has 1 amide bonds. The zero-order valence-corrected chi connectivity index (χ0v) is 8.43. The quantitative estimate of drug-likeness (QED) is 0.722. The fraction of sp³-hybridized carbons (Fsp3) is 0.417. The number of amides is 1. The van der Waals surface area contributed by atoms with Gasteiger partial charge in [-0.3, -0.25) is 4.79 Å². The molecule has 2 unspecified atom stereocenters. The second-order valence-electron chi connectivity index (χ2n) is 4.19. The lowest BCUT2D eigenvalue weighted by atomic mass is 9.97. The first kappa shape index (κ1) is 8.92. The average molecular weight is 203 g/mol. The van der Waals surface area contributed by atoms with Crippen LogP contribution >= 0.6 is 0 Å². The molecule has 78 valence electrons. The minimum atomic E-state index is -0.146. The Morgan fingerprint density at radius 1 is 1.33 bits per heavy atom. The van der Waals surface area contributed by atoms with Crippen molar-refractivity contribution in [3.8, 4) is 0 Å². The Morgan fingerprint density at radius 2 is 2.07 bits per heavy atom. The minimum absolute atomic E-state index is 0.146. The molecule has 3 saturated heterocycles. The molecule has 3 heterocycles. The van der Waals surface area contributed by atoms with Crippen LogP contribution in [0.5, 0.6) is 0 Å². The number of benzene rings is 1. The molecule has 2 atom stereocenters. The first-order valence-corrected chi connectivity index (χ1v) is 5.31. The van der Waals surface area contributed by atoms with Crippen LogP contribution in [0.3, 0.4) is 0 Å². The summed E-state index contributed by atoms with van der Waals surface area (Å²) in [6.07, 6.45) is 1.06. The fourth-order valence-corrected chi connectivity index (χ4v) is 2.22. The molecule has 3 aliphatic heterocycles. The number of fused-ring (bicyclic) bond motifs is 2. The van der Waals surface area contributed by atoms with Crippen LogP contribution in [0.4, 0.5) is 0 Å². The Balaban J connectivity index is 1.71. The van der Waals surface area contributed by atoms with E-state index in [1.54, 1.807) is 0 Å². The van der Waals surface area contributed by atoms with Gasteiger partial charge in [0.15, 0.2) is 0 Å². The number of nitrogens with zero attached hydrogens (tertiary/aromatic N) is 1. The van der Waals surface area contributed by atoms with Crippen molar-refractivity contribution in [2.75, 3.05) is 6.54 Å². The van der Waals surface area contributed by atoms with Crippen LogP contribution in [-0.2, 0) is 16.1 Å². The lowest BCUT2D eigenvalue weighted by molar-refractivity contribution is -0.199. The van der Waals surface area contributed by atoms with Crippen molar-refractivity contribution in [2.45, 2.75) is 25.2 Å². The molecular weight excluding hydrogens is 190 g/mol. The van der Waals surface area contributed by atoms with E-state index in [4.69, 9.17) is 4.74 Å². The molecule has 3 nitrogen and oxygen atoms in total. The lowest BCUT2D eigenvalue weighted by Crippen LogP contribution is -2.60. The summed E-state index contributed by atoms with van der Waals surface area (Å²) in [6.45, 7) is 1.47. The van der Waals surface area contributed by atoms with Crippen LogP contribution in [0.15, 0.2) is 30.3 Å². The molecule has 0 saturated carbocycles. The topological polar surface area (TPSA) is 29.5 Å². The van der Waals surface area contributed by atoms with E-state index in [0.29, 0.717) is 0 Å². The predicted molar refractivity (Wildman–Crippen MR) is 55.1 cm³/mol. The summed E-state index contributed by atoms with van der Waals surface area (Å²) in [5.41, 5.74) is 1.19. The van der Waals surface area contributed by atoms with E-state index in [1.165, 1.54) is 5.56 Å². The molecule has 0 aliphatic carbocycles. The first-order valence-electron chi connectivity index (χ1n) is 5.31. The molecule has 2 bridgehead atoms. The van der Waals surface area contributed by atoms with Crippen LogP contribution in [0.2, 0.25) is 0 Å². The van der Waals surface area contributed by atoms with Gasteiger partial charge in [-0.25, -0.2) is 0 Å². The molecule has 4 rings (SSSR count). The van der Waals surface area contributed by atoms with Crippen molar-refractivity contribution in [2.24, 2.45) is 0 Å². The van der Waals surface area contributed by atoms with Gasteiger partial charge < -0.3 is 9.64 Å². The lowest BCUT2D eigenvalue weighted by Gasteiger charge is -2.46. The standard InChI is InChI=1S/C12H13NO2/c14-12-11-6-10(15-11)8-13(12)7-9-4-2-1-3-5-9/h1-5,10-11H,6-8H2. The minimum Gasteiger partial charge on any atom is -0.363 e. The molecule has 0 N–H and O–H groups in total. The Labute approximate surface area is 88.6 Å². The number of carbonyl (C=O) groups is 1.